The van der Waals surface area contributed by atoms with Crippen LogP contribution in [-0.4, -0.2) is 11.5 Å². The lowest BCUT2D eigenvalue weighted by molar-refractivity contribution is 0.402. The van der Waals surface area contributed by atoms with Gasteiger partial charge in [0.25, 0.3) is 0 Å². The van der Waals surface area contributed by atoms with E-state index in [1.165, 1.54) is 11.5 Å². The summed E-state index contributed by atoms with van der Waals surface area (Å²) in [6, 6.07) is 2.77. The maximum atomic E-state index is 4.70. The Balaban J connectivity index is 2.76. The summed E-state index contributed by atoms with van der Waals surface area (Å²) in [7, 11) is 1.57. The minimum Gasteiger partial charge on any atom is -0.480 e. The predicted molar refractivity (Wildman–Crippen MR) is 27.5 cm³/mol. The van der Waals surface area contributed by atoms with Crippen LogP contribution < -0.4 is 4.74 Å². The zero-order valence-electron chi connectivity index (χ0n) is 3.84. The molecule has 1 heterocycles. The Morgan fingerprint density at radius 1 is 2.00 bits per heavy atom. The van der Waals surface area contributed by atoms with E-state index in [1.54, 1.807) is 12.5 Å². The van der Waals surface area contributed by atoms with Crippen LogP contribution in [0.3, 0.4) is 0 Å². The Morgan fingerprint density at radius 2 is 2.86 bits per heavy atom. The van der Waals surface area contributed by atoms with Gasteiger partial charge in [-0.2, -0.15) is 4.37 Å². The van der Waals surface area contributed by atoms with E-state index in [0.717, 1.165) is 0 Å². The fourth-order valence-corrected chi connectivity index (χ4v) is 0.703. The third-order valence-corrected chi connectivity index (χ3v) is 1.06. The second kappa shape index (κ2) is 1.93. The van der Waals surface area contributed by atoms with Gasteiger partial charge in [-0.05, 0) is 11.5 Å². The Morgan fingerprint density at radius 3 is 3.14 bits per heavy atom. The van der Waals surface area contributed by atoms with Crippen LogP contribution in [0.25, 0.3) is 0 Å². The number of hydrogen-bond acceptors (Lipinski definition) is 3. The van der Waals surface area contributed by atoms with Crippen molar-refractivity contribution in [2.75, 3.05) is 7.11 Å². The van der Waals surface area contributed by atoms with Crippen molar-refractivity contribution < 1.29 is 4.74 Å². The summed E-state index contributed by atoms with van der Waals surface area (Å²) in [5.74, 6) is 0.574. The molecule has 0 fully saturated rings. The molecule has 0 amide bonds. The van der Waals surface area contributed by atoms with Crippen LogP contribution in [0.2, 0.25) is 0 Å². The largest absolute Gasteiger partial charge is 0.480 e. The van der Waals surface area contributed by atoms with Crippen LogP contribution in [0, 0.1) is 6.07 Å². The summed E-state index contributed by atoms with van der Waals surface area (Å²) in [5.41, 5.74) is 0. The molecule has 0 spiro atoms. The quantitative estimate of drug-likeness (QED) is 0.542. The highest BCUT2D eigenvalue weighted by molar-refractivity contribution is 7.03. The van der Waals surface area contributed by atoms with Gasteiger partial charge >= 0.3 is 0 Å². The molecular weight excluding hydrogens is 110 g/mol. The molecule has 7 heavy (non-hydrogen) atoms. The van der Waals surface area contributed by atoms with E-state index in [1.807, 2.05) is 0 Å². The molecule has 0 aromatic carbocycles. The van der Waals surface area contributed by atoms with Gasteiger partial charge in [-0.3, -0.25) is 0 Å². The second-order valence-electron chi connectivity index (χ2n) is 0.968. The first-order valence-electron chi connectivity index (χ1n) is 1.79. The number of hydrogen-bond donors (Lipinski definition) is 0. The summed E-state index contributed by atoms with van der Waals surface area (Å²) < 4.78 is 8.50. The Kier molecular flexibility index (Phi) is 1.26. The fourth-order valence-electron chi connectivity index (χ4n) is 0.274. The SMILES string of the molecule is COc1[c]csn1. The van der Waals surface area contributed by atoms with E-state index in [9.17, 15) is 0 Å². The van der Waals surface area contributed by atoms with Crippen LogP contribution in [0.1, 0.15) is 0 Å². The standard InChI is InChI=1S/C4H4NOS/c1-6-4-2-3-7-5-4/h3H,1H3. The van der Waals surface area contributed by atoms with Crippen molar-refractivity contribution in [3.8, 4) is 5.88 Å². The highest BCUT2D eigenvalue weighted by atomic mass is 32.1. The maximum Gasteiger partial charge on any atom is 0.233 e. The smallest absolute Gasteiger partial charge is 0.233 e. The van der Waals surface area contributed by atoms with Crippen LogP contribution in [0.15, 0.2) is 5.38 Å². The number of ether oxygens (including phenoxy) is 1. The topological polar surface area (TPSA) is 22.1 Å². The molecule has 0 N–H and O–H groups in total. The lowest BCUT2D eigenvalue weighted by Crippen LogP contribution is -1.78. The first kappa shape index (κ1) is 4.59. The molecular formula is C4H4NOS. The zero-order valence-corrected chi connectivity index (χ0v) is 4.66. The molecule has 1 aromatic rings. The predicted octanol–water partition coefficient (Wildman–Crippen LogP) is 0.952. The van der Waals surface area contributed by atoms with Crippen LogP contribution in [0.5, 0.6) is 5.88 Å². The lowest BCUT2D eigenvalue weighted by Gasteiger charge is -1.84. The Labute approximate surface area is 45.9 Å². The third-order valence-electron chi connectivity index (χ3n) is 0.564. The zero-order chi connectivity index (χ0) is 5.11. The normalized spacial score (nSPS) is 8.71. The van der Waals surface area contributed by atoms with Gasteiger partial charge in [-0.1, -0.05) is 0 Å². The summed E-state index contributed by atoms with van der Waals surface area (Å²) in [6.07, 6.45) is 0. The lowest BCUT2D eigenvalue weighted by atomic mass is 10.7. The molecule has 0 aliphatic carbocycles. The minimum atomic E-state index is 0.574. The molecule has 1 rings (SSSR count). The molecule has 0 aliphatic rings. The van der Waals surface area contributed by atoms with Crippen molar-refractivity contribution in [1.29, 1.82) is 0 Å². The van der Waals surface area contributed by atoms with Gasteiger partial charge in [-0.25, -0.2) is 0 Å². The molecule has 1 aromatic heterocycles. The van der Waals surface area contributed by atoms with Crippen molar-refractivity contribution in [3.05, 3.63) is 11.4 Å². The van der Waals surface area contributed by atoms with Crippen molar-refractivity contribution >= 4 is 11.5 Å². The number of nitrogens with zero attached hydrogens (tertiary/aromatic N) is 1. The Hall–Kier alpha value is -0.570. The van der Waals surface area contributed by atoms with E-state index in [-0.39, 0.29) is 0 Å². The molecule has 0 saturated heterocycles. The van der Waals surface area contributed by atoms with E-state index in [2.05, 4.69) is 10.4 Å². The molecule has 1 radical (unpaired) electrons. The molecule has 37 valence electrons. The highest BCUT2D eigenvalue weighted by Gasteiger charge is 1.86. The van der Waals surface area contributed by atoms with Gasteiger partial charge < -0.3 is 4.74 Å². The Bertz CT molecular complexity index is 126. The van der Waals surface area contributed by atoms with Gasteiger partial charge in [0.1, 0.15) is 0 Å². The average molecular weight is 114 g/mol. The number of rotatable bonds is 1. The third kappa shape index (κ3) is 0.899. The molecule has 0 unspecified atom stereocenters. The van der Waals surface area contributed by atoms with Crippen molar-refractivity contribution in [1.82, 2.24) is 4.37 Å². The number of aromatic nitrogens is 1. The molecule has 0 bridgehead atoms. The first-order valence-corrected chi connectivity index (χ1v) is 2.63. The first-order chi connectivity index (χ1) is 3.43. The van der Waals surface area contributed by atoms with Gasteiger partial charge in [0, 0.05) is 5.38 Å². The van der Waals surface area contributed by atoms with Crippen molar-refractivity contribution in [2.24, 2.45) is 0 Å². The second-order valence-corrected chi connectivity index (χ2v) is 1.60. The molecule has 3 heteroatoms. The van der Waals surface area contributed by atoms with Crippen LogP contribution in [-0.2, 0) is 0 Å². The molecule has 2 nitrogen and oxygen atoms in total. The van der Waals surface area contributed by atoms with E-state index >= 15 is 0 Å². The fraction of sp³-hybridized carbons (Fsp3) is 0.250. The number of methoxy groups -OCH3 is 1. The van der Waals surface area contributed by atoms with Gasteiger partial charge in [0.15, 0.2) is 0 Å². The molecule has 0 aliphatic heterocycles. The van der Waals surface area contributed by atoms with Gasteiger partial charge in [0.05, 0.1) is 13.2 Å². The summed E-state index contributed by atoms with van der Waals surface area (Å²) >= 11 is 1.33. The summed E-state index contributed by atoms with van der Waals surface area (Å²) in [4.78, 5) is 0. The van der Waals surface area contributed by atoms with E-state index in [4.69, 9.17) is 4.74 Å². The molecule has 0 saturated carbocycles. The van der Waals surface area contributed by atoms with E-state index < -0.39 is 0 Å². The van der Waals surface area contributed by atoms with Crippen molar-refractivity contribution in [2.45, 2.75) is 0 Å². The minimum absolute atomic E-state index is 0.574. The highest BCUT2D eigenvalue weighted by Crippen LogP contribution is 2.04. The summed E-state index contributed by atoms with van der Waals surface area (Å²) in [6.45, 7) is 0. The monoisotopic (exact) mass is 114 g/mol. The maximum absolute atomic E-state index is 4.70. The average Bonchev–Trinajstić information content (AvgIpc) is 2.14. The van der Waals surface area contributed by atoms with E-state index in [0.29, 0.717) is 5.88 Å². The van der Waals surface area contributed by atoms with Gasteiger partial charge in [0.2, 0.25) is 5.88 Å². The van der Waals surface area contributed by atoms with Crippen molar-refractivity contribution in [3.63, 3.8) is 0 Å². The van der Waals surface area contributed by atoms with Crippen LogP contribution in [0.4, 0.5) is 0 Å². The summed E-state index contributed by atoms with van der Waals surface area (Å²) in [5, 5.41) is 1.75. The molecule has 0 atom stereocenters. The van der Waals surface area contributed by atoms with Gasteiger partial charge in [-0.15, -0.1) is 0 Å². The van der Waals surface area contributed by atoms with Crippen LogP contribution >= 0.6 is 11.5 Å².